The molecule has 0 radical (unpaired) electrons. The molecule has 0 spiro atoms. The Balaban J connectivity index is 2.03. The summed E-state index contributed by atoms with van der Waals surface area (Å²) in [6.07, 6.45) is 1.58. The number of nitrogens with zero attached hydrogens (tertiary/aromatic N) is 1. The number of piperidine rings is 1. The standard InChI is InChI=1S/C16H25ClN2O/c1-12(2)18-11-13-4-5-15(14(17)10-13)19-8-6-16(3,20)7-9-19/h4-5,10,12,18,20H,6-9,11H2,1-3H3. The smallest absolute Gasteiger partial charge is 0.0653 e. The first-order valence-electron chi connectivity index (χ1n) is 7.36. The van der Waals surface area contributed by atoms with Crippen molar-refractivity contribution in [1.29, 1.82) is 0 Å². The molecule has 0 saturated carbocycles. The number of benzene rings is 1. The minimum atomic E-state index is -0.524. The topological polar surface area (TPSA) is 35.5 Å². The minimum absolute atomic E-state index is 0.470. The third-order valence-electron chi connectivity index (χ3n) is 3.91. The van der Waals surface area contributed by atoms with Gasteiger partial charge in [0.25, 0.3) is 0 Å². The molecule has 1 heterocycles. The zero-order valence-electron chi connectivity index (χ0n) is 12.6. The Morgan fingerprint density at radius 2 is 2.00 bits per heavy atom. The van der Waals surface area contributed by atoms with Crippen LogP contribution in [0.5, 0.6) is 0 Å². The van der Waals surface area contributed by atoms with E-state index in [1.165, 1.54) is 5.56 Å². The molecule has 0 bridgehead atoms. The van der Waals surface area contributed by atoms with Gasteiger partial charge in [-0.2, -0.15) is 0 Å². The third-order valence-corrected chi connectivity index (χ3v) is 4.21. The molecule has 0 unspecified atom stereocenters. The van der Waals surface area contributed by atoms with Crippen LogP contribution in [-0.2, 0) is 6.54 Å². The molecule has 0 atom stereocenters. The first kappa shape index (κ1) is 15.6. The van der Waals surface area contributed by atoms with Crippen LogP contribution in [-0.4, -0.2) is 29.8 Å². The van der Waals surface area contributed by atoms with Crippen molar-refractivity contribution in [3.63, 3.8) is 0 Å². The number of rotatable bonds is 4. The summed E-state index contributed by atoms with van der Waals surface area (Å²) in [7, 11) is 0. The van der Waals surface area contributed by atoms with Crippen LogP contribution in [0.25, 0.3) is 0 Å². The van der Waals surface area contributed by atoms with Gasteiger partial charge in [0.05, 0.1) is 16.3 Å². The van der Waals surface area contributed by atoms with Crippen LogP contribution in [0.3, 0.4) is 0 Å². The summed E-state index contributed by atoms with van der Waals surface area (Å²) in [5.41, 5.74) is 1.76. The summed E-state index contributed by atoms with van der Waals surface area (Å²) in [4.78, 5) is 2.26. The predicted molar refractivity (Wildman–Crippen MR) is 85.5 cm³/mol. The molecule has 2 rings (SSSR count). The fraction of sp³-hybridized carbons (Fsp3) is 0.625. The fourth-order valence-electron chi connectivity index (χ4n) is 2.47. The van der Waals surface area contributed by atoms with E-state index in [0.29, 0.717) is 6.04 Å². The van der Waals surface area contributed by atoms with Crippen LogP contribution in [0.1, 0.15) is 39.2 Å². The number of halogens is 1. The summed E-state index contributed by atoms with van der Waals surface area (Å²) in [6.45, 7) is 8.73. The number of nitrogens with one attached hydrogen (secondary N) is 1. The second-order valence-electron chi connectivity index (χ2n) is 6.31. The van der Waals surface area contributed by atoms with E-state index in [4.69, 9.17) is 11.6 Å². The van der Waals surface area contributed by atoms with Crippen molar-refractivity contribution in [1.82, 2.24) is 5.32 Å². The predicted octanol–water partition coefficient (Wildman–Crippen LogP) is 3.19. The number of anilines is 1. The Labute approximate surface area is 126 Å². The largest absolute Gasteiger partial charge is 0.390 e. The lowest BCUT2D eigenvalue weighted by molar-refractivity contribution is 0.0351. The Kier molecular flexibility index (Phi) is 4.95. The zero-order valence-corrected chi connectivity index (χ0v) is 13.4. The lowest BCUT2D eigenvalue weighted by Gasteiger charge is -2.37. The highest BCUT2D eigenvalue weighted by Gasteiger charge is 2.28. The molecule has 4 heteroatoms. The first-order chi connectivity index (χ1) is 9.37. The van der Waals surface area contributed by atoms with Gasteiger partial charge in [-0.3, -0.25) is 0 Å². The number of hydrogen-bond acceptors (Lipinski definition) is 3. The lowest BCUT2D eigenvalue weighted by atomic mass is 9.93. The second kappa shape index (κ2) is 6.33. The molecule has 1 aromatic carbocycles. The van der Waals surface area contributed by atoms with E-state index in [1.807, 2.05) is 13.0 Å². The molecule has 20 heavy (non-hydrogen) atoms. The van der Waals surface area contributed by atoms with Crippen molar-refractivity contribution in [3.8, 4) is 0 Å². The molecule has 1 saturated heterocycles. The van der Waals surface area contributed by atoms with Gasteiger partial charge in [0.1, 0.15) is 0 Å². The molecule has 112 valence electrons. The van der Waals surface area contributed by atoms with Gasteiger partial charge in [-0.25, -0.2) is 0 Å². The van der Waals surface area contributed by atoms with E-state index in [-0.39, 0.29) is 0 Å². The number of aliphatic hydroxyl groups is 1. The van der Waals surface area contributed by atoms with E-state index in [2.05, 4.69) is 36.2 Å². The van der Waals surface area contributed by atoms with Crippen LogP contribution in [0.15, 0.2) is 18.2 Å². The molecule has 1 aromatic rings. The zero-order chi connectivity index (χ0) is 14.8. The maximum Gasteiger partial charge on any atom is 0.0653 e. The van der Waals surface area contributed by atoms with Crippen molar-refractivity contribution in [2.24, 2.45) is 0 Å². The van der Waals surface area contributed by atoms with Crippen molar-refractivity contribution in [3.05, 3.63) is 28.8 Å². The summed E-state index contributed by atoms with van der Waals surface area (Å²) in [5, 5.41) is 14.2. The van der Waals surface area contributed by atoms with Gasteiger partial charge in [0.15, 0.2) is 0 Å². The maximum absolute atomic E-state index is 10.0. The normalized spacial score (nSPS) is 18.6. The van der Waals surface area contributed by atoms with Gasteiger partial charge in [-0.05, 0) is 37.5 Å². The fourth-order valence-corrected chi connectivity index (χ4v) is 2.79. The van der Waals surface area contributed by atoms with E-state index in [1.54, 1.807) is 0 Å². The van der Waals surface area contributed by atoms with Gasteiger partial charge < -0.3 is 15.3 Å². The van der Waals surface area contributed by atoms with Crippen molar-refractivity contribution in [2.45, 2.75) is 51.8 Å². The Morgan fingerprint density at radius 3 is 2.55 bits per heavy atom. The quantitative estimate of drug-likeness (QED) is 0.896. The molecule has 1 aliphatic heterocycles. The minimum Gasteiger partial charge on any atom is -0.390 e. The summed E-state index contributed by atoms with van der Waals surface area (Å²) >= 11 is 6.42. The lowest BCUT2D eigenvalue weighted by Crippen LogP contribution is -2.42. The second-order valence-corrected chi connectivity index (χ2v) is 6.71. The highest BCUT2D eigenvalue weighted by molar-refractivity contribution is 6.33. The molecular formula is C16H25ClN2O. The molecule has 0 aliphatic carbocycles. The maximum atomic E-state index is 10.0. The summed E-state index contributed by atoms with van der Waals surface area (Å²) in [6, 6.07) is 6.74. The van der Waals surface area contributed by atoms with Crippen LogP contribution in [0, 0.1) is 0 Å². The van der Waals surface area contributed by atoms with Gasteiger partial charge in [-0.1, -0.05) is 31.5 Å². The van der Waals surface area contributed by atoms with E-state index >= 15 is 0 Å². The Hall–Kier alpha value is -0.770. The monoisotopic (exact) mass is 296 g/mol. The average Bonchev–Trinajstić information content (AvgIpc) is 2.37. The van der Waals surface area contributed by atoms with Crippen LogP contribution >= 0.6 is 11.6 Å². The summed E-state index contributed by atoms with van der Waals surface area (Å²) in [5.74, 6) is 0. The van der Waals surface area contributed by atoms with E-state index < -0.39 is 5.60 Å². The molecule has 1 fully saturated rings. The van der Waals surface area contributed by atoms with E-state index in [0.717, 1.165) is 43.2 Å². The molecule has 0 aromatic heterocycles. The van der Waals surface area contributed by atoms with Gasteiger partial charge in [0, 0.05) is 25.7 Å². The van der Waals surface area contributed by atoms with Crippen LogP contribution in [0.4, 0.5) is 5.69 Å². The Bertz CT molecular complexity index is 450. The third kappa shape index (κ3) is 4.11. The van der Waals surface area contributed by atoms with Crippen molar-refractivity contribution in [2.75, 3.05) is 18.0 Å². The van der Waals surface area contributed by atoms with Gasteiger partial charge in [-0.15, -0.1) is 0 Å². The van der Waals surface area contributed by atoms with Gasteiger partial charge >= 0.3 is 0 Å². The van der Waals surface area contributed by atoms with Gasteiger partial charge in [0.2, 0.25) is 0 Å². The highest BCUT2D eigenvalue weighted by Crippen LogP contribution is 2.31. The molecule has 2 N–H and O–H groups in total. The average molecular weight is 297 g/mol. The van der Waals surface area contributed by atoms with Crippen molar-refractivity contribution >= 4 is 17.3 Å². The molecular weight excluding hydrogens is 272 g/mol. The summed E-state index contributed by atoms with van der Waals surface area (Å²) < 4.78 is 0. The Morgan fingerprint density at radius 1 is 1.35 bits per heavy atom. The first-order valence-corrected chi connectivity index (χ1v) is 7.74. The van der Waals surface area contributed by atoms with E-state index in [9.17, 15) is 5.11 Å². The molecule has 0 amide bonds. The molecule has 3 nitrogen and oxygen atoms in total. The molecule has 1 aliphatic rings. The van der Waals surface area contributed by atoms with Crippen LogP contribution in [0.2, 0.25) is 5.02 Å². The number of hydrogen-bond donors (Lipinski definition) is 2. The van der Waals surface area contributed by atoms with Crippen molar-refractivity contribution < 1.29 is 5.11 Å². The highest BCUT2D eigenvalue weighted by atomic mass is 35.5. The van der Waals surface area contributed by atoms with Crippen LogP contribution < -0.4 is 10.2 Å². The SMILES string of the molecule is CC(C)NCc1ccc(N2CCC(C)(O)CC2)c(Cl)c1.